The zero-order valence-electron chi connectivity index (χ0n) is 12.4. The normalized spacial score (nSPS) is 13.2. The molecule has 0 fully saturated rings. The smallest absolute Gasteiger partial charge is 0.242 e. The van der Waals surface area contributed by atoms with Crippen molar-refractivity contribution in [1.82, 2.24) is 0 Å². The van der Waals surface area contributed by atoms with Gasteiger partial charge in [-0.2, -0.15) is 13.2 Å². The van der Waals surface area contributed by atoms with Gasteiger partial charge in [0.2, 0.25) is 0 Å². The number of hydrogen-bond donors (Lipinski definition) is 0. The molecule has 0 aromatic heterocycles. The third-order valence-corrected chi connectivity index (χ3v) is 3.89. The highest BCUT2D eigenvalue weighted by Crippen LogP contribution is 2.33. The van der Waals surface area contributed by atoms with Crippen molar-refractivity contribution in [3.63, 3.8) is 0 Å². The van der Waals surface area contributed by atoms with Gasteiger partial charge in [-0.3, -0.25) is 0 Å². The number of rotatable bonds is 3. The third-order valence-electron chi connectivity index (χ3n) is 3.89. The summed E-state index contributed by atoms with van der Waals surface area (Å²) in [6, 6.07) is 15.1. The van der Waals surface area contributed by atoms with E-state index in [0.29, 0.717) is 11.6 Å². The van der Waals surface area contributed by atoms with Crippen LogP contribution in [0.2, 0.25) is 0 Å². The molecule has 0 heterocycles. The number of fused-ring (bicyclic) bond motifs is 1. The molecule has 1 unspecified atom stereocenters. The Hall–Kier alpha value is -2.43. The highest BCUT2D eigenvalue weighted by atomic mass is 19.4. The largest absolute Gasteiger partial charge is 0.419 e. The number of benzene rings is 3. The molecule has 5 heteroatoms. The van der Waals surface area contributed by atoms with Crippen LogP contribution in [0.5, 0.6) is 0 Å². The first-order chi connectivity index (χ1) is 11.3. The van der Waals surface area contributed by atoms with Gasteiger partial charge >= 0.3 is 6.18 Å². The Morgan fingerprint density at radius 3 is 2.21 bits per heavy atom. The molecular weight excluding hydrogens is 323 g/mol. The lowest BCUT2D eigenvalue weighted by molar-refractivity contribution is -0.140. The van der Waals surface area contributed by atoms with E-state index in [9.17, 15) is 22.0 Å². The van der Waals surface area contributed by atoms with Gasteiger partial charge in [-0.25, -0.2) is 8.78 Å². The van der Waals surface area contributed by atoms with Gasteiger partial charge in [-0.05, 0) is 40.1 Å². The van der Waals surface area contributed by atoms with Crippen LogP contribution in [-0.4, -0.2) is 0 Å². The summed E-state index contributed by atoms with van der Waals surface area (Å²) in [5, 5.41) is 1.84. The van der Waals surface area contributed by atoms with Crippen molar-refractivity contribution in [3.05, 3.63) is 83.2 Å². The molecule has 0 aliphatic rings. The van der Waals surface area contributed by atoms with Crippen molar-refractivity contribution >= 4 is 10.8 Å². The SMILES string of the molecule is Fc1cc(CC(F)c2ccc3ccccc3c2)ccc1C(F)(F)F. The number of halogens is 5. The van der Waals surface area contributed by atoms with Gasteiger partial charge in [0.15, 0.2) is 0 Å². The first-order valence-corrected chi connectivity index (χ1v) is 7.33. The lowest BCUT2D eigenvalue weighted by Gasteiger charge is -2.12. The standard InChI is InChI=1S/C19H13F5/c20-17(15-7-6-13-3-1-2-4-14(13)11-15)9-12-5-8-16(18(21)10-12)19(22,23)24/h1-8,10-11,17H,9H2. The molecule has 0 saturated carbocycles. The Kier molecular flexibility index (Phi) is 4.26. The average molecular weight is 336 g/mol. The summed E-state index contributed by atoms with van der Waals surface area (Å²) in [5.74, 6) is -1.38. The van der Waals surface area contributed by atoms with Crippen LogP contribution >= 0.6 is 0 Å². The van der Waals surface area contributed by atoms with E-state index in [1.54, 1.807) is 18.2 Å². The molecule has 0 aliphatic heterocycles. The van der Waals surface area contributed by atoms with Crippen LogP contribution < -0.4 is 0 Å². The fraction of sp³-hybridized carbons (Fsp3) is 0.158. The first kappa shape index (κ1) is 16.4. The van der Waals surface area contributed by atoms with Crippen LogP contribution in [0.25, 0.3) is 10.8 Å². The van der Waals surface area contributed by atoms with E-state index in [2.05, 4.69) is 0 Å². The predicted octanol–water partition coefficient (Wildman–Crippen LogP) is 6.25. The second-order valence-electron chi connectivity index (χ2n) is 5.59. The van der Waals surface area contributed by atoms with Crippen LogP contribution in [0, 0.1) is 5.82 Å². The second-order valence-corrected chi connectivity index (χ2v) is 5.59. The predicted molar refractivity (Wildman–Crippen MR) is 82.9 cm³/mol. The lowest BCUT2D eigenvalue weighted by atomic mass is 9.99. The Morgan fingerprint density at radius 1 is 0.833 bits per heavy atom. The van der Waals surface area contributed by atoms with Crippen LogP contribution in [0.15, 0.2) is 60.7 Å². The molecule has 3 aromatic carbocycles. The zero-order chi connectivity index (χ0) is 17.3. The summed E-state index contributed by atoms with van der Waals surface area (Å²) in [6.45, 7) is 0. The van der Waals surface area contributed by atoms with Crippen molar-refractivity contribution in [1.29, 1.82) is 0 Å². The van der Waals surface area contributed by atoms with E-state index < -0.39 is 23.7 Å². The fourth-order valence-corrected chi connectivity index (χ4v) is 2.64. The molecule has 0 amide bonds. The first-order valence-electron chi connectivity index (χ1n) is 7.33. The average Bonchev–Trinajstić information content (AvgIpc) is 2.53. The van der Waals surface area contributed by atoms with E-state index in [-0.39, 0.29) is 12.0 Å². The topological polar surface area (TPSA) is 0 Å². The van der Waals surface area contributed by atoms with Gasteiger partial charge in [0.25, 0.3) is 0 Å². The molecular formula is C19H13F5. The van der Waals surface area contributed by atoms with Crippen molar-refractivity contribution in [2.45, 2.75) is 18.8 Å². The molecule has 0 spiro atoms. The molecule has 24 heavy (non-hydrogen) atoms. The quantitative estimate of drug-likeness (QED) is 0.496. The van der Waals surface area contributed by atoms with E-state index in [1.165, 1.54) is 0 Å². The minimum absolute atomic E-state index is 0.182. The van der Waals surface area contributed by atoms with Crippen molar-refractivity contribution in [2.75, 3.05) is 0 Å². The van der Waals surface area contributed by atoms with Crippen molar-refractivity contribution in [2.24, 2.45) is 0 Å². The highest BCUT2D eigenvalue weighted by Gasteiger charge is 2.34. The fourth-order valence-electron chi connectivity index (χ4n) is 2.64. The maximum atomic E-state index is 14.5. The molecule has 124 valence electrons. The van der Waals surface area contributed by atoms with E-state index in [4.69, 9.17) is 0 Å². The zero-order valence-corrected chi connectivity index (χ0v) is 12.4. The molecule has 0 aliphatic carbocycles. The summed E-state index contributed by atoms with van der Waals surface area (Å²) < 4.78 is 65.7. The Bertz CT molecular complexity index is 867. The van der Waals surface area contributed by atoms with Gasteiger partial charge in [-0.15, -0.1) is 0 Å². The minimum Gasteiger partial charge on any atom is -0.242 e. The summed E-state index contributed by atoms with van der Waals surface area (Å²) in [5.41, 5.74) is -0.748. The number of alkyl halides is 4. The Morgan fingerprint density at radius 2 is 1.54 bits per heavy atom. The van der Waals surface area contributed by atoms with E-state index in [0.717, 1.165) is 22.9 Å². The van der Waals surface area contributed by atoms with Gasteiger partial charge in [-0.1, -0.05) is 42.5 Å². The summed E-state index contributed by atoms with van der Waals surface area (Å²) in [6.07, 6.45) is -6.37. The van der Waals surface area contributed by atoms with Crippen LogP contribution in [0.4, 0.5) is 22.0 Å². The molecule has 3 rings (SSSR count). The third kappa shape index (κ3) is 3.40. The van der Waals surface area contributed by atoms with Gasteiger partial charge in [0.05, 0.1) is 5.56 Å². The summed E-state index contributed by atoms with van der Waals surface area (Å²) in [7, 11) is 0. The van der Waals surface area contributed by atoms with Crippen LogP contribution in [0.1, 0.15) is 22.9 Å². The Balaban J connectivity index is 1.83. The van der Waals surface area contributed by atoms with Crippen LogP contribution in [-0.2, 0) is 12.6 Å². The van der Waals surface area contributed by atoms with Crippen molar-refractivity contribution < 1.29 is 22.0 Å². The maximum Gasteiger partial charge on any atom is 0.419 e. The number of hydrogen-bond acceptors (Lipinski definition) is 0. The molecule has 0 bridgehead atoms. The second kappa shape index (κ2) is 6.23. The van der Waals surface area contributed by atoms with Gasteiger partial charge in [0, 0.05) is 6.42 Å². The maximum absolute atomic E-state index is 14.5. The molecule has 3 aromatic rings. The molecule has 0 radical (unpaired) electrons. The van der Waals surface area contributed by atoms with Gasteiger partial charge < -0.3 is 0 Å². The van der Waals surface area contributed by atoms with Crippen molar-refractivity contribution in [3.8, 4) is 0 Å². The summed E-state index contributed by atoms with van der Waals surface area (Å²) in [4.78, 5) is 0. The van der Waals surface area contributed by atoms with E-state index >= 15 is 0 Å². The molecule has 0 nitrogen and oxygen atoms in total. The molecule has 1 atom stereocenters. The lowest BCUT2D eigenvalue weighted by Crippen LogP contribution is -2.08. The Labute approximate surface area is 135 Å². The van der Waals surface area contributed by atoms with E-state index in [1.807, 2.05) is 24.3 Å². The highest BCUT2D eigenvalue weighted by molar-refractivity contribution is 5.83. The van der Waals surface area contributed by atoms with Gasteiger partial charge in [0.1, 0.15) is 12.0 Å². The van der Waals surface area contributed by atoms with Crippen LogP contribution in [0.3, 0.4) is 0 Å². The molecule has 0 N–H and O–H groups in total. The monoisotopic (exact) mass is 336 g/mol. The summed E-state index contributed by atoms with van der Waals surface area (Å²) >= 11 is 0. The molecule has 0 saturated heterocycles. The minimum atomic E-state index is -4.75.